The third-order valence-electron chi connectivity index (χ3n) is 5.69. The van der Waals surface area contributed by atoms with Gasteiger partial charge in [0.1, 0.15) is 11.5 Å². The van der Waals surface area contributed by atoms with Gasteiger partial charge in [0.15, 0.2) is 0 Å². The SMILES string of the molecule is NC1=NC2(CCCCC2)N(c2ccc(-c3nc4ccc(Br)cc4[nH]3)cc2)C(N)=N1. The van der Waals surface area contributed by atoms with Crippen molar-refractivity contribution in [1.29, 1.82) is 0 Å². The zero-order valence-electron chi connectivity index (χ0n) is 15.9. The van der Waals surface area contributed by atoms with E-state index in [1.165, 1.54) is 6.42 Å². The van der Waals surface area contributed by atoms with Gasteiger partial charge in [-0.25, -0.2) is 9.98 Å². The first-order valence-electron chi connectivity index (χ1n) is 9.80. The number of aromatic amines is 1. The van der Waals surface area contributed by atoms with Gasteiger partial charge in [-0.1, -0.05) is 22.4 Å². The molecule has 5 N–H and O–H groups in total. The van der Waals surface area contributed by atoms with E-state index in [-0.39, 0.29) is 5.96 Å². The summed E-state index contributed by atoms with van der Waals surface area (Å²) in [7, 11) is 0. The number of nitrogens with zero attached hydrogens (tertiary/aromatic N) is 4. The Labute approximate surface area is 177 Å². The Morgan fingerprint density at radius 1 is 1.00 bits per heavy atom. The molecule has 0 amide bonds. The number of halogens is 1. The lowest BCUT2D eigenvalue weighted by atomic mass is 9.87. The quantitative estimate of drug-likeness (QED) is 0.544. The number of H-pyrrole nitrogens is 1. The zero-order chi connectivity index (χ0) is 20.0. The monoisotopic (exact) mass is 451 g/mol. The molecule has 29 heavy (non-hydrogen) atoms. The summed E-state index contributed by atoms with van der Waals surface area (Å²) in [4.78, 5) is 19.1. The number of hydrogen-bond donors (Lipinski definition) is 3. The lowest BCUT2D eigenvalue weighted by Gasteiger charge is -2.45. The molecule has 7 nitrogen and oxygen atoms in total. The molecule has 3 aromatic rings. The van der Waals surface area contributed by atoms with E-state index in [9.17, 15) is 0 Å². The third-order valence-corrected chi connectivity index (χ3v) is 6.19. The lowest BCUT2D eigenvalue weighted by Crippen LogP contribution is -2.58. The van der Waals surface area contributed by atoms with Gasteiger partial charge in [0.2, 0.25) is 11.9 Å². The summed E-state index contributed by atoms with van der Waals surface area (Å²) in [6.45, 7) is 0. The van der Waals surface area contributed by atoms with Crippen LogP contribution in [-0.4, -0.2) is 27.5 Å². The molecule has 0 radical (unpaired) electrons. The van der Waals surface area contributed by atoms with Crippen LogP contribution < -0.4 is 16.4 Å². The van der Waals surface area contributed by atoms with E-state index in [0.29, 0.717) is 5.96 Å². The molecule has 0 atom stereocenters. The van der Waals surface area contributed by atoms with Gasteiger partial charge in [0.25, 0.3) is 0 Å². The highest BCUT2D eigenvalue weighted by Gasteiger charge is 2.42. The number of nitrogens with one attached hydrogen (secondary N) is 1. The van der Waals surface area contributed by atoms with Crippen molar-refractivity contribution in [3.8, 4) is 11.4 Å². The minimum atomic E-state index is -0.429. The summed E-state index contributed by atoms with van der Waals surface area (Å²) in [6, 6.07) is 14.2. The van der Waals surface area contributed by atoms with Crippen LogP contribution in [0.3, 0.4) is 0 Å². The first-order chi connectivity index (χ1) is 14.0. The maximum Gasteiger partial charge on any atom is 0.220 e. The van der Waals surface area contributed by atoms with Crippen molar-refractivity contribution in [3.63, 3.8) is 0 Å². The van der Waals surface area contributed by atoms with Crippen LogP contribution in [0, 0.1) is 0 Å². The van der Waals surface area contributed by atoms with Gasteiger partial charge in [-0.05, 0) is 68.1 Å². The number of rotatable bonds is 2. The van der Waals surface area contributed by atoms with E-state index >= 15 is 0 Å². The highest BCUT2D eigenvalue weighted by Crippen LogP contribution is 2.39. The van der Waals surface area contributed by atoms with E-state index in [2.05, 4.69) is 25.9 Å². The van der Waals surface area contributed by atoms with Crippen molar-refractivity contribution in [2.24, 2.45) is 21.5 Å². The van der Waals surface area contributed by atoms with E-state index in [1.54, 1.807) is 0 Å². The minimum Gasteiger partial charge on any atom is -0.369 e. The van der Waals surface area contributed by atoms with Gasteiger partial charge in [-0.3, -0.25) is 4.90 Å². The topological polar surface area (TPSA) is 109 Å². The van der Waals surface area contributed by atoms with Gasteiger partial charge in [-0.2, -0.15) is 4.99 Å². The Morgan fingerprint density at radius 2 is 1.76 bits per heavy atom. The van der Waals surface area contributed by atoms with Gasteiger partial charge in [0.05, 0.1) is 11.0 Å². The predicted octanol–water partition coefficient (Wildman–Crippen LogP) is 4.10. The molecule has 1 saturated carbocycles. The van der Waals surface area contributed by atoms with Crippen LogP contribution >= 0.6 is 15.9 Å². The smallest absolute Gasteiger partial charge is 0.220 e. The molecule has 2 heterocycles. The van der Waals surface area contributed by atoms with E-state index in [1.807, 2.05) is 47.4 Å². The minimum absolute atomic E-state index is 0.269. The Morgan fingerprint density at radius 3 is 2.52 bits per heavy atom. The molecule has 2 aromatic carbocycles. The molecule has 1 spiro atoms. The molecule has 0 bridgehead atoms. The summed E-state index contributed by atoms with van der Waals surface area (Å²) in [5.74, 6) is 1.51. The standard InChI is InChI=1S/C21H22BrN7/c22-14-6-9-16-17(12-14)26-18(25-16)13-4-7-15(8-5-13)29-20(24)27-19(23)28-21(29)10-2-1-3-11-21/h4-9,12H,1-3,10-11H2,(H,25,26)(H4,23,24,27,28). The molecule has 8 heteroatoms. The molecule has 1 aliphatic heterocycles. The Kier molecular flexibility index (Phi) is 4.31. The molecule has 0 saturated heterocycles. The Bertz CT molecular complexity index is 1120. The van der Waals surface area contributed by atoms with Crippen molar-refractivity contribution in [1.82, 2.24) is 9.97 Å². The van der Waals surface area contributed by atoms with Crippen molar-refractivity contribution in [2.45, 2.75) is 37.8 Å². The second-order valence-electron chi connectivity index (χ2n) is 7.61. The highest BCUT2D eigenvalue weighted by molar-refractivity contribution is 9.10. The number of aromatic nitrogens is 2. The lowest BCUT2D eigenvalue weighted by molar-refractivity contribution is 0.305. The molecule has 2 aliphatic rings. The molecule has 5 rings (SSSR count). The van der Waals surface area contributed by atoms with Crippen LogP contribution in [-0.2, 0) is 0 Å². The zero-order valence-corrected chi connectivity index (χ0v) is 17.5. The number of nitrogens with two attached hydrogens (primary N) is 2. The number of benzene rings is 2. The number of aliphatic imine (C=N–C) groups is 2. The molecular formula is C21H22BrN7. The number of imidazole rings is 1. The number of hydrogen-bond acceptors (Lipinski definition) is 6. The normalized spacial score (nSPS) is 18.7. The summed E-state index contributed by atoms with van der Waals surface area (Å²) in [5.41, 5.74) is 15.7. The molecule has 148 valence electrons. The van der Waals surface area contributed by atoms with Crippen LogP contribution in [0.5, 0.6) is 0 Å². The van der Waals surface area contributed by atoms with Crippen LogP contribution in [0.15, 0.2) is 56.9 Å². The summed E-state index contributed by atoms with van der Waals surface area (Å²) in [6.07, 6.45) is 5.26. The third kappa shape index (κ3) is 3.17. The maximum atomic E-state index is 6.31. The highest BCUT2D eigenvalue weighted by atomic mass is 79.9. The summed E-state index contributed by atoms with van der Waals surface area (Å²) >= 11 is 3.50. The molecule has 1 aromatic heterocycles. The number of fused-ring (bicyclic) bond motifs is 1. The number of guanidine groups is 2. The Hall–Kier alpha value is -2.87. The average molecular weight is 452 g/mol. The first kappa shape index (κ1) is 18.2. The second-order valence-corrected chi connectivity index (χ2v) is 8.53. The van der Waals surface area contributed by atoms with Gasteiger partial charge >= 0.3 is 0 Å². The fraction of sp³-hybridized carbons (Fsp3) is 0.286. The van der Waals surface area contributed by atoms with E-state index < -0.39 is 5.66 Å². The van der Waals surface area contributed by atoms with Crippen LogP contribution in [0.1, 0.15) is 32.1 Å². The van der Waals surface area contributed by atoms with Gasteiger partial charge in [-0.15, -0.1) is 0 Å². The summed E-state index contributed by atoms with van der Waals surface area (Å²) in [5, 5.41) is 0. The second kappa shape index (κ2) is 6.88. The van der Waals surface area contributed by atoms with Crippen molar-refractivity contribution >= 4 is 44.6 Å². The molecule has 1 aliphatic carbocycles. The summed E-state index contributed by atoms with van der Waals surface area (Å²) < 4.78 is 1.02. The van der Waals surface area contributed by atoms with Crippen molar-refractivity contribution < 1.29 is 0 Å². The average Bonchev–Trinajstić information content (AvgIpc) is 3.11. The van der Waals surface area contributed by atoms with E-state index in [4.69, 9.17) is 21.4 Å². The number of anilines is 1. The van der Waals surface area contributed by atoms with Crippen molar-refractivity contribution in [2.75, 3.05) is 4.90 Å². The molecule has 0 unspecified atom stereocenters. The first-order valence-corrected chi connectivity index (χ1v) is 10.6. The fourth-order valence-electron chi connectivity index (χ4n) is 4.38. The van der Waals surface area contributed by atoms with Crippen LogP contribution in [0.2, 0.25) is 0 Å². The predicted molar refractivity (Wildman–Crippen MR) is 121 cm³/mol. The van der Waals surface area contributed by atoms with Crippen molar-refractivity contribution in [3.05, 3.63) is 46.9 Å². The van der Waals surface area contributed by atoms with Gasteiger partial charge < -0.3 is 16.5 Å². The van der Waals surface area contributed by atoms with Crippen LogP contribution in [0.25, 0.3) is 22.4 Å². The van der Waals surface area contributed by atoms with E-state index in [0.717, 1.165) is 58.3 Å². The largest absolute Gasteiger partial charge is 0.369 e. The van der Waals surface area contributed by atoms with Crippen LogP contribution in [0.4, 0.5) is 5.69 Å². The maximum absolute atomic E-state index is 6.31. The Balaban J connectivity index is 1.50. The molecule has 1 fully saturated rings. The molecular weight excluding hydrogens is 430 g/mol. The fourth-order valence-corrected chi connectivity index (χ4v) is 4.74. The van der Waals surface area contributed by atoms with Gasteiger partial charge in [0, 0.05) is 15.7 Å².